The van der Waals surface area contributed by atoms with E-state index in [-0.39, 0.29) is 13.0 Å². The van der Waals surface area contributed by atoms with Crippen LogP contribution in [0.15, 0.2) is 45.6 Å². The summed E-state index contributed by atoms with van der Waals surface area (Å²) in [5, 5.41) is 1.27. The summed E-state index contributed by atoms with van der Waals surface area (Å²) in [6.45, 7) is 3.90. The zero-order chi connectivity index (χ0) is 19.6. The SMILES string of the molecule is COc1ccc(Cl)cc1CC(=O)OCc1cc(=O)oc2cc(C)c(C)cc12. The third-order valence-electron chi connectivity index (χ3n) is 4.41. The van der Waals surface area contributed by atoms with E-state index in [0.29, 0.717) is 27.5 Å². The lowest BCUT2D eigenvalue weighted by Gasteiger charge is -2.11. The van der Waals surface area contributed by atoms with Crippen molar-refractivity contribution in [3.63, 3.8) is 0 Å². The minimum atomic E-state index is -0.478. The van der Waals surface area contributed by atoms with E-state index in [1.54, 1.807) is 18.2 Å². The molecule has 0 bridgehead atoms. The Kier molecular flexibility index (Phi) is 5.51. The van der Waals surface area contributed by atoms with Gasteiger partial charge in [-0.2, -0.15) is 0 Å². The normalized spacial score (nSPS) is 10.8. The molecule has 140 valence electrons. The summed E-state index contributed by atoms with van der Waals surface area (Å²) in [6, 6.07) is 10.1. The molecule has 0 aliphatic heterocycles. The molecule has 0 N–H and O–H groups in total. The van der Waals surface area contributed by atoms with Crippen LogP contribution in [0.4, 0.5) is 0 Å². The number of carbonyl (C=O) groups excluding carboxylic acids is 1. The minimum absolute atomic E-state index is 0.0151. The highest BCUT2D eigenvalue weighted by Gasteiger charge is 2.13. The molecule has 2 aromatic carbocycles. The van der Waals surface area contributed by atoms with Crippen molar-refractivity contribution in [2.24, 2.45) is 0 Å². The Morgan fingerprint density at radius 2 is 1.81 bits per heavy atom. The molecule has 0 saturated heterocycles. The van der Waals surface area contributed by atoms with Gasteiger partial charge in [0.25, 0.3) is 0 Å². The lowest BCUT2D eigenvalue weighted by atomic mass is 10.0. The largest absolute Gasteiger partial charge is 0.496 e. The Morgan fingerprint density at radius 1 is 1.07 bits per heavy atom. The third-order valence-corrected chi connectivity index (χ3v) is 4.65. The van der Waals surface area contributed by atoms with Gasteiger partial charge >= 0.3 is 11.6 Å². The molecular formula is C21H19ClO5. The summed E-state index contributed by atoms with van der Waals surface area (Å²) < 4.78 is 15.9. The highest BCUT2D eigenvalue weighted by Crippen LogP contribution is 2.24. The molecule has 0 unspecified atom stereocenters. The number of esters is 1. The maximum Gasteiger partial charge on any atom is 0.336 e. The van der Waals surface area contributed by atoms with Crippen LogP contribution >= 0.6 is 11.6 Å². The molecule has 0 aliphatic rings. The Labute approximate surface area is 161 Å². The molecule has 6 heteroatoms. The molecule has 0 spiro atoms. The molecular weight excluding hydrogens is 368 g/mol. The Morgan fingerprint density at radius 3 is 2.56 bits per heavy atom. The number of carbonyl (C=O) groups is 1. The summed E-state index contributed by atoms with van der Waals surface area (Å²) in [4.78, 5) is 24.1. The molecule has 5 nitrogen and oxygen atoms in total. The molecule has 0 fully saturated rings. The maximum atomic E-state index is 12.3. The van der Waals surface area contributed by atoms with Crippen LogP contribution in [0.3, 0.4) is 0 Å². The number of hydrogen-bond donors (Lipinski definition) is 0. The molecule has 0 radical (unpaired) electrons. The molecule has 3 aromatic rings. The zero-order valence-electron chi connectivity index (χ0n) is 15.3. The second kappa shape index (κ2) is 7.84. The van der Waals surface area contributed by atoms with Gasteiger partial charge in [-0.1, -0.05) is 11.6 Å². The van der Waals surface area contributed by atoms with Gasteiger partial charge in [-0.05, 0) is 55.3 Å². The van der Waals surface area contributed by atoms with Crippen molar-refractivity contribution in [2.75, 3.05) is 7.11 Å². The number of benzene rings is 2. The quantitative estimate of drug-likeness (QED) is 0.481. The van der Waals surface area contributed by atoms with Crippen LogP contribution in [0.2, 0.25) is 5.02 Å². The van der Waals surface area contributed by atoms with Gasteiger partial charge in [0.05, 0.1) is 13.5 Å². The van der Waals surface area contributed by atoms with Gasteiger partial charge in [-0.25, -0.2) is 4.79 Å². The number of fused-ring (bicyclic) bond motifs is 1. The van der Waals surface area contributed by atoms with Crippen LogP contribution in [0.1, 0.15) is 22.3 Å². The average Bonchev–Trinajstić information content (AvgIpc) is 2.61. The van der Waals surface area contributed by atoms with E-state index in [1.165, 1.54) is 13.2 Å². The third kappa shape index (κ3) is 4.31. The summed E-state index contributed by atoms with van der Waals surface area (Å²) >= 11 is 5.99. The van der Waals surface area contributed by atoms with Crippen molar-refractivity contribution in [2.45, 2.75) is 26.9 Å². The highest BCUT2D eigenvalue weighted by atomic mass is 35.5. The van der Waals surface area contributed by atoms with Crippen LogP contribution in [0, 0.1) is 13.8 Å². The monoisotopic (exact) mass is 386 g/mol. The van der Waals surface area contributed by atoms with E-state index in [4.69, 9.17) is 25.5 Å². The molecule has 1 heterocycles. The van der Waals surface area contributed by atoms with E-state index in [1.807, 2.05) is 26.0 Å². The van der Waals surface area contributed by atoms with Gasteiger partial charge in [0, 0.05) is 27.6 Å². The standard InChI is InChI=1S/C21H19ClO5/c1-12-6-17-15(10-21(24)27-19(17)7-13(12)2)11-26-20(23)9-14-8-16(22)4-5-18(14)25-3/h4-8,10H,9,11H2,1-3H3. The summed E-state index contributed by atoms with van der Waals surface area (Å²) in [5.74, 6) is 0.119. The number of methoxy groups -OCH3 is 1. The van der Waals surface area contributed by atoms with Gasteiger partial charge in [-0.3, -0.25) is 4.79 Å². The van der Waals surface area contributed by atoms with Crippen LogP contribution in [-0.4, -0.2) is 13.1 Å². The van der Waals surface area contributed by atoms with Crippen LogP contribution in [0.5, 0.6) is 5.75 Å². The first-order chi connectivity index (χ1) is 12.9. The smallest absolute Gasteiger partial charge is 0.336 e. The Bertz CT molecular complexity index is 1070. The van der Waals surface area contributed by atoms with E-state index < -0.39 is 11.6 Å². The van der Waals surface area contributed by atoms with Crippen LogP contribution in [-0.2, 0) is 22.6 Å². The number of hydrogen-bond acceptors (Lipinski definition) is 5. The molecule has 0 atom stereocenters. The molecule has 0 amide bonds. The molecule has 1 aromatic heterocycles. The number of ether oxygens (including phenoxy) is 2. The van der Waals surface area contributed by atoms with Gasteiger partial charge in [0.15, 0.2) is 0 Å². The molecule has 0 aliphatic carbocycles. The fourth-order valence-electron chi connectivity index (χ4n) is 2.85. The van der Waals surface area contributed by atoms with Crippen LogP contribution in [0.25, 0.3) is 11.0 Å². The number of halogens is 1. The number of rotatable bonds is 5. The zero-order valence-corrected chi connectivity index (χ0v) is 16.1. The predicted octanol–water partition coefficient (Wildman–Crippen LogP) is 4.36. The van der Waals surface area contributed by atoms with Crippen molar-refractivity contribution >= 4 is 28.5 Å². The van der Waals surface area contributed by atoms with Crippen molar-refractivity contribution < 1.29 is 18.7 Å². The second-order valence-corrected chi connectivity index (χ2v) is 6.75. The number of aryl methyl sites for hydroxylation is 2. The predicted molar refractivity (Wildman–Crippen MR) is 103 cm³/mol. The van der Waals surface area contributed by atoms with Crippen molar-refractivity contribution in [3.05, 3.63) is 74.1 Å². The average molecular weight is 387 g/mol. The maximum absolute atomic E-state index is 12.3. The summed E-state index contributed by atoms with van der Waals surface area (Å²) in [7, 11) is 1.53. The van der Waals surface area contributed by atoms with Gasteiger partial charge in [-0.15, -0.1) is 0 Å². The van der Waals surface area contributed by atoms with Crippen molar-refractivity contribution in [3.8, 4) is 5.75 Å². The first-order valence-electron chi connectivity index (χ1n) is 8.39. The fraction of sp³-hybridized carbons (Fsp3) is 0.238. The Hall–Kier alpha value is -2.79. The minimum Gasteiger partial charge on any atom is -0.496 e. The van der Waals surface area contributed by atoms with E-state index in [0.717, 1.165) is 16.5 Å². The van der Waals surface area contributed by atoms with Gasteiger partial charge in [0.1, 0.15) is 17.9 Å². The Balaban J connectivity index is 1.81. The van der Waals surface area contributed by atoms with Crippen molar-refractivity contribution in [1.29, 1.82) is 0 Å². The van der Waals surface area contributed by atoms with E-state index in [9.17, 15) is 9.59 Å². The van der Waals surface area contributed by atoms with Gasteiger partial charge < -0.3 is 13.9 Å². The van der Waals surface area contributed by atoms with Gasteiger partial charge in [0.2, 0.25) is 0 Å². The highest BCUT2D eigenvalue weighted by molar-refractivity contribution is 6.30. The molecule has 0 saturated carbocycles. The topological polar surface area (TPSA) is 65.7 Å². The lowest BCUT2D eigenvalue weighted by Crippen LogP contribution is -2.10. The van der Waals surface area contributed by atoms with Crippen LogP contribution < -0.4 is 10.4 Å². The lowest BCUT2D eigenvalue weighted by molar-refractivity contribution is -0.144. The molecule has 27 heavy (non-hydrogen) atoms. The second-order valence-electron chi connectivity index (χ2n) is 6.32. The molecule has 3 rings (SSSR count). The summed E-state index contributed by atoms with van der Waals surface area (Å²) in [5.41, 5.74) is 3.33. The summed E-state index contributed by atoms with van der Waals surface area (Å²) in [6.07, 6.45) is 0.0151. The fourth-order valence-corrected chi connectivity index (χ4v) is 3.05. The first kappa shape index (κ1) is 19.0. The van der Waals surface area contributed by atoms with E-state index in [2.05, 4.69) is 0 Å². The first-order valence-corrected chi connectivity index (χ1v) is 8.77. The van der Waals surface area contributed by atoms with E-state index >= 15 is 0 Å². The van der Waals surface area contributed by atoms with Crippen molar-refractivity contribution in [1.82, 2.24) is 0 Å².